The van der Waals surface area contributed by atoms with E-state index < -0.39 is 11.0 Å². The van der Waals surface area contributed by atoms with Gasteiger partial charge in [0, 0.05) is 23.6 Å². The van der Waals surface area contributed by atoms with E-state index in [9.17, 15) is 15.2 Å². The third kappa shape index (κ3) is 3.02. The molecule has 0 saturated carbocycles. The van der Waals surface area contributed by atoms with Crippen LogP contribution in [0.4, 0.5) is 11.5 Å². The number of nitro groups is 1. The number of rotatable bonds is 5. The predicted molar refractivity (Wildman–Crippen MR) is 101 cm³/mol. The average Bonchev–Trinajstić information content (AvgIpc) is 3.19. The molecule has 1 aliphatic carbocycles. The van der Waals surface area contributed by atoms with Gasteiger partial charge in [0.25, 0.3) is 5.69 Å². The van der Waals surface area contributed by atoms with E-state index in [1.807, 2.05) is 6.92 Å². The lowest BCUT2D eigenvalue weighted by Crippen LogP contribution is -2.14. The van der Waals surface area contributed by atoms with E-state index in [0.717, 1.165) is 35.3 Å². The topological polar surface area (TPSA) is 101 Å². The Morgan fingerprint density at radius 3 is 2.81 bits per heavy atom. The van der Waals surface area contributed by atoms with Gasteiger partial charge in [0.1, 0.15) is 16.5 Å². The molecule has 1 aromatic carbocycles. The standard InChI is InChI=1S/C18H18N4O3S/c1-10-20-17(16-13-3-2-4-15(13)26-18(16)21-10)19-9-14(23)11-5-7-12(8-6-11)22(24)25/h5-8,14,23H,2-4,9H2,1H3,(H,19,20,21)/t14-/m0/s1. The number of anilines is 1. The Bertz CT molecular complexity index is 984. The molecule has 4 rings (SSSR count). The van der Waals surface area contributed by atoms with Gasteiger partial charge in [-0.25, -0.2) is 9.97 Å². The molecule has 7 nitrogen and oxygen atoms in total. The number of fused-ring (bicyclic) bond motifs is 3. The Kier molecular flexibility index (Phi) is 4.29. The van der Waals surface area contributed by atoms with Crippen LogP contribution in [0.1, 0.15) is 34.4 Å². The van der Waals surface area contributed by atoms with Crippen molar-refractivity contribution in [3.63, 3.8) is 0 Å². The summed E-state index contributed by atoms with van der Waals surface area (Å²) >= 11 is 1.73. The third-order valence-electron chi connectivity index (χ3n) is 4.63. The molecule has 8 heteroatoms. The zero-order valence-corrected chi connectivity index (χ0v) is 15.0. The number of aliphatic hydroxyl groups excluding tert-OH is 1. The van der Waals surface area contributed by atoms with Crippen molar-refractivity contribution in [3.05, 3.63) is 56.2 Å². The summed E-state index contributed by atoms with van der Waals surface area (Å²) in [6.07, 6.45) is 2.52. The van der Waals surface area contributed by atoms with E-state index in [0.29, 0.717) is 11.4 Å². The van der Waals surface area contributed by atoms with Gasteiger partial charge in [0.15, 0.2) is 0 Å². The van der Waals surface area contributed by atoms with Crippen LogP contribution in [0.15, 0.2) is 24.3 Å². The number of hydrogen-bond acceptors (Lipinski definition) is 7. The highest BCUT2D eigenvalue weighted by Gasteiger charge is 2.22. The van der Waals surface area contributed by atoms with Crippen LogP contribution in [-0.4, -0.2) is 26.5 Å². The molecule has 0 bridgehead atoms. The maximum atomic E-state index is 10.7. The number of non-ortho nitro benzene ring substituents is 1. The molecule has 3 aromatic rings. The van der Waals surface area contributed by atoms with Gasteiger partial charge in [-0.3, -0.25) is 10.1 Å². The van der Waals surface area contributed by atoms with Gasteiger partial charge < -0.3 is 10.4 Å². The Morgan fingerprint density at radius 1 is 1.31 bits per heavy atom. The lowest BCUT2D eigenvalue weighted by Gasteiger charge is -2.14. The van der Waals surface area contributed by atoms with Crippen molar-refractivity contribution in [2.45, 2.75) is 32.3 Å². The Hall–Kier alpha value is -2.58. The molecule has 1 atom stereocenters. The number of aryl methyl sites for hydroxylation is 3. The third-order valence-corrected chi connectivity index (χ3v) is 5.81. The molecule has 0 fully saturated rings. The van der Waals surface area contributed by atoms with Crippen molar-refractivity contribution in [1.82, 2.24) is 9.97 Å². The van der Waals surface area contributed by atoms with Crippen LogP contribution in [0.3, 0.4) is 0 Å². The molecule has 2 heterocycles. The lowest BCUT2D eigenvalue weighted by atomic mass is 10.1. The Balaban J connectivity index is 1.56. The predicted octanol–water partition coefficient (Wildman–Crippen LogP) is 3.54. The summed E-state index contributed by atoms with van der Waals surface area (Å²) in [7, 11) is 0. The number of thiophene rings is 1. The van der Waals surface area contributed by atoms with Crippen molar-refractivity contribution in [2.75, 3.05) is 11.9 Å². The van der Waals surface area contributed by atoms with Crippen LogP contribution in [0.2, 0.25) is 0 Å². The van der Waals surface area contributed by atoms with E-state index in [-0.39, 0.29) is 12.2 Å². The van der Waals surface area contributed by atoms with Crippen molar-refractivity contribution in [1.29, 1.82) is 0 Å². The summed E-state index contributed by atoms with van der Waals surface area (Å²) < 4.78 is 0. The van der Waals surface area contributed by atoms with Crippen LogP contribution in [0.5, 0.6) is 0 Å². The molecule has 0 unspecified atom stereocenters. The molecule has 0 amide bonds. The maximum absolute atomic E-state index is 10.7. The summed E-state index contributed by atoms with van der Waals surface area (Å²) in [4.78, 5) is 21.8. The molecular formula is C18H18N4O3S. The summed E-state index contributed by atoms with van der Waals surface area (Å²) in [5.41, 5.74) is 1.97. The largest absolute Gasteiger partial charge is 0.387 e. The summed E-state index contributed by atoms with van der Waals surface area (Å²) in [6.45, 7) is 2.14. The van der Waals surface area contributed by atoms with E-state index >= 15 is 0 Å². The number of benzene rings is 1. The fourth-order valence-electron chi connectivity index (χ4n) is 3.36. The minimum atomic E-state index is -0.784. The van der Waals surface area contributed by atoms with Crippen molar-refractivity contribution < 1.29 is 10.0 Å². The zero-order chi connectivity index (χ0) is 18.3. The van der Waals surface area contributed by atoms with Crippen LogP contribution in [0, 0.1) is 17.0 Å². The number of aliphatic hydroxyl groups is 1. The van der Waals surface area contributed by atoms with Crippen LogP contribution in [0.25, 0.3) is 10.2 Å². The quantitative estimate of drug-likeness (QED) is 0.526. The van der Waals surface area contributed by atoms with Crippen LogP contribution in [-0.2, 0) is 12.8 Å². The number of aromatic nitrogens is 2. The van der Waals surface area contributed by atoms with Crippen molar-refractivity contribution in [2.24, 2.45) is 0 Å². The summed E-state index contributed by atoms with van der Waals surface area (Å²) in [6, 6.07) is 5.95. The minimum absolute atomic E-state index is 0.0101. The molecule has 26 heavy (non-hydrogen) atoms. The fraction of sp³-hybridized carbons (Fsp3) is 0.333. The summed E-state index contributed by atoms with van der Waals surface area (Å²) in [5, 5.41) is 25.5. The summed E-state index contributed by atoms with van der Waals surface area (Å²) in [5.74, 6) is 1.46. The maximum Gasteiger partial charge on any atom is 0.269 e. The molecule has 0 spiro atoms. The van der Waals surface area contributed by atoms with Crippen molar-refractivity contribution >= 4 is 33.1 Å². The normalized spacial score (nSPS) is 14.4. The van der Waals surface area contributed by atoms with Crippen LogP contribution < -0.4 is 5.32 Å². The highest BCUT2D eigenvalue weighted by atomic mass is 32.1. The number of nitrogens with zero attached hydrogens (tertiary/aromatic N) is 3. The number of nitro benzene ring substituents is 1. The lowest BCUT2D eigenvalue weighted by molar-refractivity contribution is -0.384. The second-order valence-corrected chi connectivity index (χ2v) is 7.49. The first-order valence-electron chi connectivity index (χ1n) is 8.48. The fourth-order valence-corrected chi connectivity index (χ4v) is 4.67. The molecule has 2 aromatic heterocycles. The first-order chi connectivity index (χ1) is 12.5. The second kappa shape index (κ2) is 6.62. The SMILES string of the molecule is Cc1nc(NC[C@H](O)c2ccc([N+](=O)[O-])cc2)c2c3c(sc2n1)CCC3. The number of nitrogens with one attached hydrogen (secondary N) is 1. The second-order valence-electron chi connectivity index (χ2n) is 6.40. The molecule has 0 radical (unpaired) electrons. The van der Waals surface area contributed by atoms with Gasteiger partial charge in [-0.2, -0.15) is 0 Å². The first kappa shape index (κ1) is 16.9. The highest BCUT2D eigenvalue weighted by molar-refractivity contribution is 7.19. The van der Waals surface area contributed by atoms with Gasteiger partial charge in [0.05, 0.1) is 16.4 Å². The van der Waals surface area contributed by atoms with Gasteiger partial charge in [-0.15, -0.1) is 11.3 Å². The van der Waals surface area contributed by atoms with Crippen molar-refractivity contribution in [3.8, 4) is 0 Å². The molecule has 1 aliphatic rings. The number of hydrogen-bond donors (Lipinski definition) is 2. The average molecular weight is 370 g/mol. The van der Waals surface area contributed by atoms with E-state index in [4.69, 9.17) is 0 Å². The molecular weight excluding hydrogens is 352 g/mol. The molecule has 0 saturated heterocycles. The molecule has 0 aliphatic heterocycles. The minimum Gasteiger partial charge on any atom is -0.387 e. The molecule has 134 valence electrons. The molecule has 2 N–H and O–H groups in total. The monoisotopic (exact) mass is 370 g/mol. The van der Waals surface area contributed by atoms with Gasteiger partial charge >= 0.3 is 0 Å². The van der Waals surface area contributed by atoms with E-state index in [1.54, 1.807) is 23.5 Å². The van der Waals surface area contributed by atoms with E-state index in [1.165, 1.54) is 22.6 Å². The first-order valence-corrected chi connectivity index (χ1v) is 9.30. The Morgan fingerprint density at radius 2 is 2.08 bits per heavy atom. The van der Waals surface area contributed by atoms with E-state index in [2.05, 4.69) is 15.3 Å². The Labute approximate surface area is 153 Å². The smallest absolute Gasteiger partial charge is 0.269 e. The van der Waals surface area contributed by atoms with Crippen LogP contribution >= 0.6 is 11.3 Å². The highest BCUT2D eigenvalue weighted by Crippen LogP contribution is 2.39. The van der Waals surface area contributed by atoms with Gasteiger partial charge in [0.2, 0.25) is 0 Å². The zero-order valence-electron chi connectivity index (χ0n) is 14.2. The van der Waals surface area contributed by atoms with Gasteiger partial charge in [-0.1, -0.05) is 0 Å². The van der Waals surface area contributed by atoms with Gasteiger partial charge in [-0.05, 0) is 49.4 Å².